The van der Waals surface area contributed by atoms with Gasteiger partial charge in [0.2, 0.25) is 11.8 Å². The van der Waals surface area contributed by atoms with E-state index in [4.69, 9.17) is 21.3 Å². The summed E-state index contributed by atoms with van der Waals surface area (Å²) in [6, 6.07) is 20.8. The normalized spacial score (nSPS) is 26.1. The predicted molar refractivity (Wildman–Crippen MR) is 165 cm³/mol. The molecule has 1 aromatic heterocycles. The molecule has 2 amide bonds. The van der Waals surface area contributed by atoms with Crippen molar-refractivity contribution in [1.29, 1.82) is 0 Å². The largest absolute Gasteiger partial charge is 0.454 e. The number of imide groups is 1. The SMILES string of the molecule is Cc1ccc(C(=O)COC(=O)c2cc(-c3ccc(N4C(=O)C5C6C=CC(C7CC67)C5C4=O)cc3)nc3ccc(Cl)cc23)cc1. The Kier molecular flexibility index (Phi) is 6.10. The Morgan fingerprint density at radius 3 is 2.20 bits per heavy atom. The van der Waals surface area contributed by atoms with Gasteiger partial charge in [-0.15, -0.1) is 0 Å². The molecule has 3 fully saturated rings. The Bertz CT molecular complexity index is 1900. The maximum absolute atomic E-state index is 13.5. The molecule has 7 nitrogen and oxygen atoms in total. The van der Waals surface area contributed by atoms with Crippen molar-refractivity contribution in [3.8, 4) is 11.3 Å². The molecule has 9 rings (SSSR count). The zero-order valence-corrected chi connectivity index (χ0v) is 24.5. The van der Waals surface area contributed by atoms with E-state index in [1.807, 2.05) is 19.1 Å². The topological polar surface area (TPSA) is 93.6 Å². The zero-order chi connectivity index (χ0) is 30.3. The number of allylic oxidation sites excluding steroid dienone is 2. The lowest BCUT2D eigenvalue weighted by Gasteiger charge is -2.37. The van der Waals surface area contributed by atoms with E-state index in [0.717, 1.165) is 12.0 Å². The van der Waals surface area contributed by atoms with Gasteiger partial charge in [0.05, 0.1) is 34.3 Å². The van der Waals surface area contributed by atoms with Crippen molar-refractivity contribution >= 4 is 51.8 Å². The molecule has 0 radical (unpaired) electrons. The van der Waals surface area contributed by atoms with E-state index in [1.54, 1.807) is 60.7 Å². The number of anilines is 1. The highest BCUT2D eigenvalue weighted by Crippen LogP contribution is 2.65. The molecule has 1 aliphatic heterocycles. The number of hydrogen-bond donors (Lipinski definition) is 0. The number of pyridine rings is 1. The number of halogens is 1. The summed E-state index contributed by atoms with van der Waals surface area (Å²) in [6.07, 6.45) is 5.45. The fraction of sp³-hybridized carbons (Fsp3) is 0.250. The Labute approximate surface area is 258 Å². The third-order valence-electron chi connectivity index (χ3n) is 9.78. The summed E-state index contributed by atoms with van der Waals surface area (Å²) in [4.78, 5) is 59.2. The van der Waals surface area contributed by atoms with E-state index in [1.165, 1.54) is 4.90 Å². The fourth-order valence-electron chi connectivity index (χ4n) is 7.54. The van der Waals surface area contributed by atoms with Crippen LogP contribution >= 0.6 is 11.6 Å². The van der Waals surface area contributed by atoms with E-state index in [-0.39, 0.29) is 46.8 Å². The number of esters is 1. The molecule has 1 saturated heterocycles. The number of nitrogens with zero attached hydrogens (tertiary/aromatic N) is 2. The van der Waals surface area contributed by atoms with Crippen molar-refractivity contribution in [1.82, 2.24) is 4.98 Å². The number of ether oxygens (including phenoxy) is 1. The van der Waals surface area contributed by atoms with Crippen molar-refractivity contribution in [2.24, 2.45) is 35.5 Å². The van der Waals surface area contributed by atoms with Crippen molar-refractivity contribution in [3.63, 3.8) is 0 Å². The minimum atomic E-state index is -0.671. The average molecular weight is 603 g/mol. The molecule has 6 unspecified atom stereocenters. The summed E-state index contributed by atoms with van der Waals surface area (Å²) in [6.45, 7) is 1.52. The smallest absolute Gasteiger partial charge is 0.339 e. The van der Waals surface area contributed by atoms with E-state index < -0.39 is 12.6 Å². The number of amides is 2. The second-order valence-electron chi connectivity index (χ2n) is 12.3. The molecule has 4 aromatic rings. The standard InChI is InChI=1S/C36H27ClN2O5/c1-18-2-4-20(5-3-18)31(40)17-44-36(43)28-16-30(38-29-13-8-21(37)14-27(28)29)19-6-9-22(10-7-19)39-34(41)32-23-11-12-24(26-15-25(23)26)33(32)35(39)42/h2-14,16,23-26,32-33H,15,17H2,1H3. The quantitative estimate of drug-likeness (QED) is 0.109. The lowest BCUT2D eigenvalue weighted by Crippen LogP contribution is -2.40. The van der Waals surface area contributed by atoms with Gasteiger partial charge in [-0.2, -0.15) is 0 Å². The maximum atomic E-state index is 13.5. The average Bonchev–Trinajstić information content (AvgIpc) is 3.82. The lowest BCUT2D eigenvalue weighted by atomic mass is 9.63. The molecular formula is C36H27ClN2O5. The summed E-state index contributed by atoms with van der Waals surface area (Å²) in [5.41, 5.74) is 3.96. The first-order valence-electron chi connectivity index (χ1n) is 14.8. The van der Waals surface area contributed by atoms with Crippen LogP contribution < -0.4 is 4.90 Å². The van der Waals surface area contributed by atoms with Crippen LogP contribution in [-0.4, -0.2) is 35.2 Å². The van der Waals surface area contributed by atoms with Gasteiger partial charge < -0.3 is 4.74 Å². The molecule has 8 heteroatoms. The number of ketones is 1. The van der Waals surface area contributed by atoms with Gasteiger partial charge in [-0.25, -0.2) is 9.78 Å². The number of aromatic nitrogens is 1. The van der Waals surface area contributed by atoms with Crippen LogP contribution in [-0.2, 0) is 14.3 Å². The molecule has 4 aliphatic carbocycles. The predicted octanol–water partition coefficient (Wildman–Crippen LogP) is 6.46. The van der Waals surface area contributed by atoms with Crippen LogP contribution in [0.4, 0.5) is 5.69 Å². The lowest BCUT2D eigenvalue weighted by molar-refractivity contribution is -0.124. The summed E-state index contributed by atoms with van der Waals surface area (Å²) in [7, 11) is 0. The van der Waals surface area contributed by atoms with E-state index in [0.29, 0.717) is 50.3 Å². The number of aryl methyl sites for hydroxylation is 1. The molecule has 5 aliphatic rings. The molecule has 2 saturated carbocycles. The maximum Gasteiger partial charge on any atom is 0.339 e. The molecular weight excluding hydrogens is 576 g/mol. The Morgan fingerprint density at radius 1 is 0.886 bits per heavy atom. The van der Waals surface area contributed by atoms with Crippen LogP contribution in [0.15, 0.2) is 84.9 Å². The van der Waals surface area contributed by atoms with Crippen molar-refractivity contribution in [2.45, 2.75) is 13.3 Å². The molecule has 2 bridgehead atoms. The van der Waals surface area contributed by atoms with Gasteiger partial charge in [0.1, 0.15) is 0 Å². The van der Waals surface area contributed by atoms with Gasteiger partial charge in [0.25, 0.3) is 0 Å². The minimum Gasteiger partial charge on any atom is -0.454 e. The Balaban J connectivity index is 1.07. The third kappa shape index (κ3) is 4.21. The number of rotatable bonds is 6. The molecule has 2 heterocycles. The number of carbonyl (C=O) groups is 4. The second kappa shape index (κ2) is 9.96. The van der Waals surface area contributed by atoms with Crippen molar-refractivity contribution < 1.29 is 23.9 Å². The van der Waals surface area contributed by atoms with Crippen LogP contribution in [0.25, 0.3) is 22.2 Å². The number of carbonyl (C=O) groups excluding carboxylic acids is 4. The summed E-state index contributed by atoms with van der Waals surface area (Å²) in [5, 5.41) is 0.936. The monoisotopic (exact) mass is 602 g/mol. The number of benzene rings is 3. The van der Waals surface area contributed by atoms with Crippen LogP contribution in [0.3, 0.4) is 0 Å². The molecule has 3 aromatic carbocycles. The Hall–Kier alpha value is -4.62. The first-order valence-corrected chi connectivity index (χ1v) is 15.2. The van der Waals surface area contributed by atoms with Crippen molar-refractivity contribution in [3.05, 3.63) is 107 Å². The highest BCUT2D eigenvalue weighted by Gasteiger charge is 2.67. The summed E-state index contributed by atoms with van der Waals surface area (Å²) in [5.74, 6) is -0.309. The molecule has 6 atom stereocenters. The van der Waals surface area contributed by atoms with E-state index >= 15 is 0 Å². The first-order chi connectivity index (χ1) is 21.3. The molecule has 44 heavy (non-hydrogen) atoms. The van der Waals surface area contributed by atoms with Gasteiger partial charge in [0, 0.05) is 21.5 Å². The number of hydrogen-bond acceptors (Lipinski definition) is 6. The highest BCUT2D eigenvalue weighted by molar-refractivity contribution is 6.31. The van der Waals surface area contributed by atoms with Crippen molar-refractivity contribution in [2.75, 3.05) is 11.5 Å². The zero-order valence-electron chi connectivity index (χ0n) is 23.8. The van der Waals surface area contributed by atoms with Gasteiger partial charge in [-0.05, 0) is 73.4 Å². The summed E-state index contributed by atoms with van der Waals surface area (Å²) < 4.78 is 5.46. The van der Waals surface area contributed by atoms with Gasteiger partial charge in [-0.1, -0.05) is 65.7 Å². The van der Waals surface area contributed by atoms with Gasteiger partial charge in [0.15, 0.2) is 12.4 Å². The molecule has 0 N–H and O–H groups in total. The third-order valence-corrected chi connectivity index (χ3v) is 10.0. The number of fused-ring (bicyclic) bond motifs is 1. The minimum absolute atomic E-state index is 0.108. The van der Waals surface area contributed by atoms with Gasteiger partial charge >= 0.3 is 5.97 Å². The first kappa shape index (κ1) is 27.0. The van der Waals surface area contributed by atoms with Crippen LogP contribution in [0.1, 0.15) is 32.7 Å². The van der Waals surface area contributed by atoms with E-state index in [9.17, 15) is 19.2 Å². The molecule has 218 valence electrons. The molecule has 0 spiro atoms. The number of Topliss-reactive ketones (excluding diaryl/α,β-unsaturated/α-hetero) is 1. The van der Waals surface area contributed by atoms with Crippen LogP contribution in [0.5, 0.6) is 0 Å². The second-order valence-corrected chi connectivity index (χ2v) is 12.7. The highest BCUT2D eigenvalue weighted by atomic mass is 35.5. The van der Waals surface area contributed by atoms with Gasteiger partial charge in [-0.3, -0.25) is 19.3 Å². The Morgan fingerprint density at radius 2 is 1.55 bits per heavy atom. The van der Waals surface area contributed by atoms with Crippen LogP contribution in [0.2, 0.25) is 5.02 Å². The fourth-order valence-corrected chi connectivity index (χ4v) is 7.71. The summed E-state index contributed by atoms with van der Waals surface area (Å²) >= 11 is 6.26. The van der Waals surface area contributed by atoms with E-state index in [2.05, 4.69) is 12.2 Å². The van der Waals surface area contributed by atoms with Crippen LogP contribution in [0, 0.1) is 42.4 Å².